The maximum absolute atomic E-state index is 11.8. The number of carbonyl (C=O) groups excluding carboxylic acids is 1. The van der Waals surface area contributed by atoms with Crippen LogP contribution in [0, 0.1) is 6.92 Å². The van der Waals surface area contributed by atoms with Gasteiger partial charge in [-0.15, -0.1) is 0 Å². The third-order valence-corrected chi connectivity index (χ3v) is 3.07. The van der Waals surface area contributed by atoms with E-state index in [0.29, 0.717) is 11.4 Å². The van der Waals surface area contributed by atoms with Crippen molar-refractivity contribution in [2.75, 3.05) is 5.32 Å². The molecule has 18 heavy (non-hydrogen) atoms. The van der Waals surface area contributed by atoms with Crippen LogP contribution in [0.4, 0.5) is 5.69 Å². The van der Waals surface area contributed by atoms with Gasteiger partial charge in [0.2, 0.25) is 5.91 Å². The summed E-state index contributed by atoms with van der Waals surface area (Å²) in [5.41, 5.74) is 2.73. The van der Waals surface area contributed by atoms with E-state index in [1.165, 1.54) is 0 Å². The van der Waals surface area contributed by atoms with Gasteiger partial charge in [0, 0.05) is 10.7 Å². The predicted octanol–water partition coefficient (Wildman–Crippen LogP) is 3.83. The molecule has 0 fully saturated rings. The van der Waals surface area contributed by atoms with Crippen LogP contribution in [0.2, 0.25) is 5.02 Å². The SMILES string of the molecule is Cc1cc(NC(=O)Cc2ccccc2)ccc1Cl. The summed E-state index contributed by atoms with van der Waals surface area (Å²) < 4.78 is 0. The Morgan fingerprint density at radius 3 is 2.56 bits per heavy atom. The van der Waals surface area contributed by atoms with Crippen molar-refractivity contribution in [2.45, 2.75) is 13.3 Å². The Bertz CT molecular complexity index is 552. The summed E-state index contributed by atoms with van der Waals surface area (Å²) in [7, 11) is 0. The van der Waals surface area contributed by atoms with Gasteiger partial charge < -0.3 is 5.32 Å². The summed E-state index contributed by atoms with van der Waals surface area (Å²) >= 11 is 5.93. The molecule has 3 heteroatoms. The smallest absolute Gasteiger partial charge is 0.228 e. The number of carbonyl (C=O) groups is 1. The van der Waals surface area contributed by atoms with Crippen LogP contribution in [0.25, 0.3) is 0 Å². The zero-order valence-electron chi connectivity index (χ0n) is 10.1. The highest BCUT2D eigenvalue weighted by Crippen LogP contribution is 2.19. The normalized spacial score (nSPS) is 10.1. The van der Waals surface area contributed by atoms with Crippen molar-refractivity contribution in [3.63, 3.8) is 0 Å². The average molecular weight is 260 g/mol. The lowest BCUT2D eigenvalue weighted by Crippen LogP contribution is -2.14. The van der Waals surface area contributed by atoms with E-state index in [2.05, 4.69) is 5.32 Å². The molecule has 0 unspecified atom stereocenters. The van der Waals surface area contributed by atoms with Crippen LogP contribution in [0.1, 0.15) is 11.1 Å². The summed E-state index contributed by atoms with van der Waals surface area (Å²) in [6.07, 6.45) is 0.377. The van der Waals surface area contributed by atoms with Crippen molar-refractivity contribution < 1.29 is 4.79 Å². The number of halogens is 1. The molecule has 2 nitrogen and oxygen atoms in total. The fraction of sp³-hybridized carbons (Fsp3) is 0.133. The van der Waals surface area contributed by atoms with Gasteiger partial charge in [0.15, 0.2) is 0 Å². The maximum Gasteiger partial charge on any atom is 0.228 e. The molecule has 0 saturated heterocycles. The molecule has 1 amide bonds. The second kappa shape index (κ2) is 5.69. The maximum atomic E-state index is 11.8. The van der Waals surface area contributed by atoms with E-state index >= 15 is 0 Å². The molecule has 92 valence electrons. The minimum Gasteiger partial charge on any atom is -0.326 e. The Morgan fingerprint density at radius 1 is 1.17 bits per heavy atom. The molecular weight excluding hydrogens is 246 g/mol. The van der Waals surface area contributed by atoms with Gasteiger partial charge in [-0.25, -0.2) is 0 Å². The quantitative estimate of drug-likeness (QED) is 0.892. The van der Waals surface area contributed by atoms with Crippen LogP contribution in [-0.2, 0) is 11.2 Å². The number of aryl methyl sites for hydroxylation is 1. The molecule has 0 aromatic heterocycles. The minimum absolute atomic E-state index is 0.0251. The van der Waals surface area contributed by atoms with E-state index in [1.54, 1.807) is 12.1 Å². The Labute approximate surface area is 112 Å². The fourth-order valence-corrected chi connectivity index (χ4v) is 1.83. The van der Waals surface area contributed by atoms with Gasteiger partial charge in [0.1, 0.15) is 0 Å². The summed E-state index contributed by atoms with van der Waals surface area (Å²) in [6, 6.07) is 15.1. The first-order chi connectivity index (χ1) is 8.65. The van der Waals surface area contributed by atoms with E-state index < -0.39 is 0 Å². The lowest BCUT2D eigenvalue weighted by molar-refractivity contribution is -0.115. The van der Waals surface area contributed by atoms with Crippen molar-refractivity contribution in [3.8, 4) is 0 Å². The van der Waals surface area contributed by atoms with Gasteiger partial charge in [-0.05, 0) is 36.2 Å². The fourth-order valence-electron chi connectivity index (χ4n) is 1.71. The number of amides is 1. The van der Waals surface area contributed by atoms with Crippen LogP contribution in [0.15, 0.2) is 48.5 Å². The molecule has 2 aromatic rings. The van der Waals surface area contributed by atoms with Crippen molar-refractivity contribution in [1.82, 2.24) is 0 Å². The van der Waals surface area contributed by atoms with E-state index in [0.717, 1.165) is 16.8 Å². The highest BCUT2D eigenvalue weighted by Gasteiger charge is 2.04. The van der Waals surface area contributed by atoms with Gasteiger partial charge in [0.05, 0.1) is 6.42 Å². The molecule has 0 atom stereocenters. The lowest BCUT2D eigenvalue weighted by Gasteiger charge is -2.07. The molecular formula is C15H14ClNO. The van der Waals surface area contributed by atoms with E-state index in [9.17, 15) is 4.79 Å². The van der Waals surface area contributed by atoms with Gasteiger partial charge >= 0.3 is 0 Å². The minimum atomic E-state index is -0.0251. The topological polar surface area (TPSA) is 29.1 Å². The highest BCUT2D eigenvalue weighted by atomic mass is 35.5. The number of hydrogen-bond donors (Lipinski definition) is 1. The van der Waals surface area contributed by atoms with Crippen LogP contribution >= 0.6 is 11.6 Å². The summed E-state index contributed by atoms with van der Waals surface area (Å²) in [5, 5.41) is 3.57. The van der Waals surface area contributed by atoms with Crippen LogP contribution in [0.3, 0.4) is 0 Å². The van der Waals surface area contributed by atoms with Gasteiger partial charge in [0.25, 0.3) is 0 Å². The third kappa shape index (κ3) is 3.34. The number of benzene rings is 2. The molecule has 0 heterocycles. The van der Waals surface area contributed by atoms with Gasteiger partial charge in [-0.3, -0.25) is 4.79 Å². The Kier molecular flexibility index (Phi) is 4.00. The second-order valence-corrected chi connectivity index (χ2v) is 4.58. The molecule has 2 rings (SSSR count). The van der Waals surface area contributed by atoms with Crippen molar-refractivity contribution in [1.29, 1.82) is 0 Å². The lowest BCUT2D eigenvalue weighted by atomic mass is 10.1. The average Bonchev–Trinajstić information content (AvgIpc) is 2.35. The monoisotopic (exact) mass is 259 g/mol. The van der Waals surface area contributed by atoms with Crippen molar-refractivity contribution in [3.05, 3.63) is 64.7 Å². The van der Waals surface area contributed by atoms with Crippen LogP contribution in [-0.4, -0.2) is 5.91 Å². The number of anilines is 1. The molecule has 0 radical (unpaired) electrons. The standard InChI is InChI=1S/C15H14ClNO/c1-11-9-13(7-8-14(11)16)17-15(18)10-12-5-3-2-4-6-12/h2-9H,10H2,1H3,(H,17,18). The van der Waals surface area contributed by atoms with Crippen molar-refractivity contribution in [2.24, 2.45) is 0 Å². The van der Waals surface area contributed by atoms with E-state index in [-0.39, 0.29) is 5.91 Å². The number of nitrogens with one attached hydrogen (secondary N) is 1. The zero-order chi connectivity index (χ0) is 13.0. The largest absolute Gasteiger partial charge is 0.326 e. The Balaban J connectivity index is 2.01. The molecule has 2 aromatic carbocycles. The van der Waals surface area contributed by atoms with Crippen LogP contribution < -0.4 is 5.32 Å². The first-order valence-electron chi connectivity index (χ1n) is 5.75. The van der Waals surface area contributed by atoms with E-state index in [1.807, 2.05) is 43.3 Å². The van der Waals surface area contributed by atoms with Gasteiger partial charge in [-0.1, -0.05) is 41.9 Å². The summed E-state index contributed by atoms with van der Waals surface area (Å²) in [6.45, 7) is 1.91. The molecule has 1 N–H and O–H groups in total. The summed E-state index contributed by atoms with van der Waals surface area (Å²) in [5.74, 6) is -0.0251. The number of hydrogen-bond acceptors (Lipinski definition) is 1. The van der Waals surface area contributed by atoms with Crippen molar-refractivity contribution >= 4 is 23.2 Å². The van der Waals surface area contributed by atoms with Gasteiger partial charge in [-0.2, -0.15) is 0 Å². The molecule has 0 spiro atoms. The molecule has 0 bridgehead atoms. The molecule has 0 aliphatic heterocycles. The first kappa shape index (κ1) is 12.7. The molecule has 0 aliphatic carbocycles. The highest BCUT2D eigenvalue weighted by molar-refractivity contribution is 6.31. The van der Waals surface area contributed by atoms with Crippen LogP contribution in [0.5, 0.6) is 0 Å². The Hall–Kier alpha value is -1.80. The molecule has 0 aliphatic rings. The van der Waals surface area contributed by atoms with E-state index in [4.69, 9.17) is 11.6 Å². The number of rotatable bonds is 3. The first-order valence-corrected chi connectivity index (χ1v) is 6.13. The third-order valence-electron chi connectivity index (χ3n) is 2.65. The summed E-state index contributed by atoms with van der Waals surface area (Å²) in [4.78, 5) is 11.8. The zero-order valence-corrected chi connectivity index (χ0v) is 10.9. The molecule has 0 saturated carbocycles. The second-order valence-electron chi connectivity index (χ2n) is 4.17. The Morgan fingerprint density at radius 2 is 1.89 bits per heavy atom. The predicted molar refractivity (Wildman–Crippen MR) is 75.0 cm³/mol.